The molecule has 7 nitrogen and oxygen atoms in total. The zero-order valence-electron chi connectivity index (χ0n) is 12.2. The van der Waals surface area contributed by atoms with Crippen molar-refractivity contribution in [3.63, 3.8) is 0 Å². The quantitative estimate of drug-likeness (QED) is 0.703. The second-order valence-corrected chi connectivity index (χ2v) is 5.33. The average Bonchev–Trinajstić information content (AvgIpc) is 3.24. The van der Waals surface area contributed by atoms with Gasteiger partial charge in [0.15, 0.2) is 5.82 Å². The number of rotatable bonds is 5. The smallest absolute Gasteiger partial charge is 0.250 e. The van der Waals surface area contributed by atoms with Crippen molar-refractivity contribution in [3.8, 4) is 17.1 Å². The first-order valence-electron chi connectivity index (χ1n) is 6.70. The average molecular weight is 327 g/mol. The highest BCUT2D eigenvalue weighted by atomic mass is 32.1. The van der Waals surface area contributed by atoms with Gasteiger partial charge in [-0.2, -0.15) is 4.98 Å². The van der Waals surface area contributed by atoms with Gasteiger partial charge in [-0.15, -0.1) is 16.4 Å². The van der Waals surface area contributed by atoms with Crippen LogP contribution in [0, 0.1) is 0 Å². The minimum Gasteiger partial charge on any atom is -0.496 e. The Morgan fingerprint density at radius 3 is 3.04 bits per heavy atom. The van der Waals surface area contributed by atoms with Crippen molar-refractivity contribution >= 4 is 29.3 Å². The number of hydrogen-bond donors (Lipinski definition) is 2. The van der Waals surface area contributed by atoms with Gasteiger partial charge in [-0.1, -0.05) is 12.1 Å². The molecule has 1 amide bonds. The molecular weight excluding hydrogens is 314 g/mol. The van der Waals surface area contributed by atoms with Gasteiger partial charge in [0.1, 0.15) is 10.8 Å². The molecule has 0 spiro atoms. The molecule has 0 aliphatic rings. The molecule has 116 valence electrons. The van der Waals surface area contributed by atoms with Crippen LogP contribution in [0.1, 0.15) is 5.01 Å². The number of methoxy groups -OCH3 is 1. The van der Waals surface area contributed by atoms with Crippen molar-refractivity contribution in [3.05, 3.63) is 46.9 Å². The molecule has 1 aromatic carbocycles. The summed E-state index contributed by atoms with van der Waals surface area (Å²) in [5, 5.41) is 11.9. The number of thiazole rings is 1. The number of carbonyl (C=O) groups is 1. The molecule has 2 heterocycles. The first-order valence-corrected chi connectivity index (χ1v) is 7.58. The maximum absolute atomic E-state index is 11.8. The fourth-order valence-corrected chi connectivity index (χ4v) is 2.42. The van der Waals surface area contributed by atoms with Crippen LogP contribution in [0.4, 0.5) is 5.95 Å². The fourth-order valence-electron chi connectivity index (χ4n) is 1.89. The number of H-pyrrole nitrogens is 1. The number of anilines is 1. The number of para-hydroxylation sites is 1. The standard InChI is InChI=1S/C15H13N5O2S/c1-22-11-5-3-2-4-10(11)14-18-15(20-19-14)17-12(21)6-7-13-16-8-9-23-13/h2-9H,1H3,(H2,17,18,19,20,21)/b7-6+. The lowest BCUT2D eigenvalue weighted by molar-refractivity contribution is -0.111. The number of ether oxygens (including phenoxy) is 1. The molecule has 0 radical (unpaired) electrons. The Morgan fingerprint density at radius 1 is 1.39 bits per heavy atom. The minimum absolute atomic E-state index is 0.194. The molecule has 0 atom stereocenters. The Balaban J connectivity index is 1.71. The molecule has 2 aromatic heterocycles. The number of aromatic amines is 1. The van der Waals surface area contributed by atoms with Gasteiger partial charge in [0.05, 0.1) is 12.7 Å². The second-order valence-electron chi connectivity index (χ2n) is 4.40. The van der Waals surface area contributed by atoms with Crippen LogP contribution >= 0.6 is 11.3 Å². The molecule has 2 N–H and O–H groups in total. The van der Waals surface area contributed by atoms with Gasteiger partial charge in [0.2, 0.25) is 5.95 Å². The van der Waals surface area contributed by atoms with E-state index in [0.29, 0.717) is 11.6 Å². The summed E-state index contributed by atoms with van der Waals surface area (Å²) in [5.74, 6) is 1.05. The van der Waals surface area contributed by atoms with Crippen molar-refractivity contribution in [2.45, 2.75) is 0 Å². The number of nitrogens with one attached hydrogen (secondary N) is 2. The highest BCUT2D eigenvalue weighted by Crippen LogP contribution is 2.26. The minimum atomic E-state index is -0.328. The van der Waals surface area contributed by atoms with Crippen LogP contribution in [0.15, 0.2) is 41.9 Å². The molecule has 0 unspecified atom stereocenters. The van der Waals surface area contributed by atoms with Crippen LogP contribution in [0.5, 0.6) is 5.75 Å². The number of hydrogen-bond acceptors (Lipinski definition) is 6. The lowest BCUT2D eigenvalue weighted by Gasteiger charge is -2.04. The number of aromatic nitrogens is 4. The summed E-state index contributed by atoms with van der Waals surface area (Å²) < 4.78 is 5.28. The monoisotopic (exact) mass is 327 g/mol. The number of amides is 1. The van der Waals surface area contributed by atoms with Crippen LogP contribution in [-0.2, 0) is 4.79 Å². The van der Waals surface area contributed by atoms with Crippen LogP contribution in [0.3, 0.4) is 0 Å². The zero-order valence-corrected chi connectivity index (χ0v) is 13.0. The summed E-state index contributed by atoms with van der Waals surface area (Å²) in [6.07, 6.45) is 4.70. The van der Waals surface area contributed by atoms with Crippen molar-refractivity contribution < 1.29 is 9.53 Å². The summed E-state index contributed by atoms with van der Waals surface area (Å²) >= 11 is 1.45. The molecular formula is C15H13N5O2S. The van der Waals surface area contributed by atoms with Gasteiger partial charge in [0, 0.05) is 17.7 Å². The van der Waals surface area contributed by atoms with E-state index in [1.807, 2.05) is 29.6 Å². The summed E-state index contributed by atoms with van der Waals surface area (Å²) in [6, 6.07) is 7.42. The lowest BCUT2D eigenvalue weighted by atomic mass is 10.2. The van der Waals surface area contributed by atoms with Gasteiger partial charge in [-0.05, 0) is 18.2 Å². The van der Waals surface area contributed by atoms with Gasteiger partial charge in [0.25, 0.3) is 5.91 Å². The molecule has 0 fully saturated rings. The predicted octanol–water partition coefficient (Wildman–Crippen LogP) is 2.59. The van der Waals surface area contributed by atoms with E-state index in [1.165, 1.54) is 17.4 Å². The third-order valence-electron chi connectivity index (χ3n) is 2.91. The van der Waals surface area contributed by atoms with Crippen LogP contribution in [-0.4, -0.2) is 33.2 Å². The Hall–Kier alpha value is -3.00. The third-order valence-corrected chi connectivity index (χ3v) is 3.65. The lowest BCUT2D eigenvalue weighted by Crippen LogP contribution is -2.09. The van der Waals surface area contributed by atoms with E-state index >= 15 is 0 Å². The molecule has 0 bridgehead atoms. The highest BCUT2D eigenvalue weighted by Gasteiger charge is 2.11. The SMILES string of the molecule is COc1ccccc1-c1nc(NC(=O)/C=C/c2nccs2)n[nH]1. The van der Waals surface area contributed by atoms with Gasteiger partial charge >= 0.3 is 0 Å². The zero-order chi connectivity index (χ0) is 16.1. The summed E-state index contributed by atoms with van der Waals surface area (Å²) in [5.41, 5.74) is 0.765. The van der Waals surface area contributed by atoms with E-state index in [9.17, 15) is 4.79 Å². The molecule has 23 heavy (non-hydrogen) atoms. The Labute approximate surface area is 136 Å². The van der Waals surface area contributed by atoms with Crippen molar-refractivity contribution in [1.29, 1.82) is 0 Å². The van der Waals surface area contributed by atoms with E-state index in [4.69, 9.17) is 4.74 Å². The van der Waals surface area contributed by atoms with E-state index in [1.54, 1.807) is 19.4 Å². The molecule has 3 rings (SSSR count). The second kappa shape index (κ2) is 6.84. The van der Waals surface area contributed by atoms with Gasteiger partial charge in [-0.25, -0.2) is 4.98 Å². The Bertz CT molecular complexity index is 826. The van der Waals surface area contributed by atoms with Gasteiger partial charge in [-0.3, -0.25) is 15.2 Å². The third kappa shape index (κ3) is 3.61. The van der Waals surface area contributed by atoms with Crippen LogP contribution in [0.25, 0.3) is 17.5 Å². The molecule has 8 heteroatoms. The van der Waals surface area contributed by atoms with Crippen LogP contribution < -0.4 is 10.1 Å². The predicted molar refractivity (Wildman–Crippen MR) is 88.1 cm³/mol. The largest absolute Gasteiger partial charge is 0.496 e. The van der Waals surface area contributed by atoms with Crippen molar-refractivity contribution in [1.82, 2.24) is 20.2 Å². The highest BCUT2D eigenvalue weighted by molar-refractivity contribution is 7.10. The Morgan fingerprint density at radius 2 is 2.26 bits per heavy atom. The number of benzene rings is 1. The van der Waals surface area contributed by atoms with Gasteiger partial charge < -0.3 is 4.74 Å². The fraction of sp³-hybridized carbons (Fsp3) is 0.0667. The van der Waals surface area contributed by atoms with Crippen molar-refractivity contribution in [2.24, 2.45) is 0 Å². The van der Waals surface area contributed by atoms with E-state index in [0.717, 1.165) is 10.6 Å². The van der Waals surface area contributed by atoms with Crippen molar-refractivity contribution in [2.75, 3.05) is 12.4 Å². The first kappa shape index (κ1) is 14.9. The number of carbonyl (C=O) groups excluding carboxylic acids is 1. The van der Waals surface area contributed by atoms with E-state index in [-0.39, 0.29) is 11.9 Å². The molecule has 0 saturated carbocycles. The molecule has 0 saturated heterocycles. The topological polar surface area (TPSA) is 92.8 Å². The van der Waals surface area contributed by atoms with E-state index < -0.39 is 0 Å². The Kier molecular flexibility index (Phi) is 4.44. The van der Waals surface area contributed by atoms with E-state index in [2.05, 4.69) is 25.5 Å². The summed E-state index contributed by atoms with van der Waals surface area (Å²) in [6.45, 7) is 0. The normalized spacial score (nSPS) is 10.8. The van der Waals surface area contributed by atoms with Crippen LogP contribution in [0.2, 0.25) is 0 Å². The maximum atomic E-state index is 11.8. The summed E-state index contributed by atoms with van der Waals surface area (Å²) in [4.78, 5) is 20.1. The maximum Gasteiger partial charge on any atom is 0.250 e. The molecule has 3 aromatic rings. The first-order chi connectivity index (χ1) is 11.3. The summed E-state index contributed by atoms with van der Waals surface area (Å²) in [7, 11) is 1.58. The molecule has 0 aliphatic carbocycles. The number of nitrogens with zero attached hydrogens (tertiary/aromatic N) is 3. The molecule has 0 aliphatic heterocycles.